The van der Waals surface area contributed by atoms with Gasteiger partial charge in [-0.1, -0.05) is 23.7 Å². The lowest BCUT2D eigenvalue weighted by Crippen LogP contribution is -2.36. The average molecular weight is 226 g/mol. The van der Waals surface area contributed by atoms with Gasteiger partial charge in [-0.25, -0.2) is 4.79 Å². The molecule has 1 heterocycles. The molecule has 0 amide bonds. The molecular weight excluding hydrogens is 214 g/mol. The highest BCUT2D eigenvalue weighted by molar-refractivity contribution is 6.31. The fourth-order valence-corrected chi connectivity index (χ4v) is 2.20. The first-order valence-corrected chi connectivity index (χ1v) is 5.20. The van der Waals surface area contributed by atoms with Crippen LogP contribution in [0.2, 0.25) is 5.02 Å². The summed E-state index contributed by atoms with van der Waals surface area (Å²) >= 11 is 6.09. The minimum absolute atomic E-state index is 0.288. The zero-order valence-electron chi connectivity index (χ0n) is 8.42. The summed E-state index contributed by atoms with van der Waals surface area (Å²) in [7, 11) is 1.38. The summed E-state index contributed by atoms with van der Waals surface area (Å²) in [4.78, 5) is 11.5. The molecule has 1 aromatic rings. The van der Waals surface area contributed by atoms with Crippen molar-refractivity contribution in [2.75, 3.05) is 13.7 Å². The van der Waals surface area contributed by atoms with E-state index >= 15 is 0 Å². The number of benzene rings is 1. The summed E-state index contributed by atoms with van der Waals surface area (Å²) in [6.45, 7) is 0.771. The molecule has 1 aliphatic heterocycles. The average Bonchev–Trinajstić information content (AvgIpc) is 2.28. The van der Waals surface area contributed by atoms with Gasteiger partial charge in [0.1, 0.15) is 6.04 Å². The molecule has 0 spiro atoms. The molecule has 0 saturated carbocycles. The topological polar surface area (TPSA) is 38.3 Å². The summed E-state index contributed by atoms with van der Waals surface area (Å²) in [5, 5.41) is 3.73. The fraction of sp³-hybridized carbons (Fsp3) is 0.364. The number of rotatable bonds is 1. The van der Waals surface area contributed by atoms with E-state index in [1.54, 1.807) is 6.07 Å². The number of carbonyl (C=O) groups excluding carboxylic acids is 1. The first-order valence-electron chi connectivity index (χ1n) is 4.82. The van der Waals surface area contributed by atoms with Crippen LogP contribution >= 0.6 is 11.6 Å². The van der Waals surface area contributed by atoms with Gasteiger partial charge in [0.15, 0.2) is 0 Å². The van der Waals surface area contributed by atoms with Crippen LogP contribution in [-0.4, -0.2) is 19.6 Å². The number of methoxy groups -OCH3 is 1. The van der Waals surface area contributed by atoms with Gasteiger partial charge >= 0.3 is 5.97 Å². The van der Waals surface area contributed by atoms with Crippen LogP contribution in [0.3, 0.4) is 0 Å². The molecule has 1 aliphatic rings. The van der Waals surface area contributed by atoms with Crippen molar-refractivity contribution in [1.82, 2.24) is 5.32 Å². The highest BCUT2D eigenvalue weighted by Crippen LogP contribution is 2.30. The Balaban J connectivity index is 2.45. The maximum atomic E-state index is 11.5. The molecule has 0 radical (unpaired) electrons. The highest BCUT2D eigenvalue weighted by Gasteiger charge is 2.28. The quantitative estimate of drug-likeness (QED) is 0.740. The van der Waals surface area contributed by atoms with E-state index in [-0.39, 0.29) is 5.97 Å². The third-order valence-corrected chi connectivity index (χ3v) is 2.94. The Morgan fingerprint density at radius 3 is 3.13 bits per heavy atom. The van der Waals surface area contributed by atoms with Crippen LogP contribution in [0.5, 0.6) is 0 Å². The standard InChI is InChI=1S/C11H12ClNO2/c1-15-11(14)10-9-7(5-6-13-10)3-2-4-8(9)12/h2-4,10,13H,5-6H2,1H3. The van der Waals surface area contributed by atoms with Crippen molar-refractivity contribution in [2.45, 2.75) is 12.5 Å². The van der Waals surface area contributed by atoms with Crippen molar-refractivity contribution in [2.24, 2.45) is 0 Å². The number of carbonyl (C=O) groups is 1. The zero-order valence-corrected chi connectivity index (χ0v) is 9.17. The van der Waals surface area contributed by atoms with Crippen LogP contribution in [0.1, 0.15) is 17.2 Å². The third kappa shape index (κ3) is 1.85. The molecule has 0 saturated heterocycles. The van der Waals surface area contributed by atoms with Gasteiger partial charge in [0, 0.05) is 17.1 Å². The fourth-order valence-electron chi connectivity index (χ4n) is 1.90. The highest BCUT2D eigenvalue weighted by atomic mass is 35.5. The molecule has 0 fully saturated rings. The summed E-state index contributed by atoms with van der Waals surface area (Å²) in [5.74, 6) is -0.288. The molecule has 0 aliphatic carbocycles. The zero-order chi connectivity index (χ0) is 10.8. The number of halogens is 1. The molecule has 3 nitrogen and oxygen atoms in total. The van der Waals surface area contributed by atoms with E-state index in [1.165, 1.54) is 7.11 Å². The molecule has 1 unspecified atom stereocenters. The van der Waals surface area contributed by atoms with E-state index in [0.29, 0.717) is 5.02 Å². The van der Waals surface area contributed by atoms with Gasteiger partial charge in [0.25, 0.3) is 0 Å². The van der Waals surface area contributed by atoms with Crippen LogP contribution in [0.25, 0.3) is 0 Å². The van der Waals surface area contributed by atoms with E-state index < -0.39 is 6.04 Å². The Hall–Kier alpha value is -1.06. The second-order valence-electron chi connectivity index (χ2n) is 3.47. The first-order chi connectivity index (χ1) is 7.24. The van der Waals surface area contributed by atoms with Crippen molar-refractivity contribution in [3.8, 4) is 0 Å². The minimum atomic E-state index is -0.424. The summed E-state index contributed by atoms with van der Waals surface area (Å²) in [5.41, 5.74) is 1.98. The Morgan fingerprint density at radius 1 is 1.60 bits per heavy atom. The van der Waals surface area contributed by atoms with Crippen LogP contribution in [-0.2, 0) is 16.0 Å². The molecule has 1 atom stereocenters. The Labute approximate surface area is 93.4 Å². The first kappa shape index (κ1) is 10.5. The summed E-state index contributed by atoms with van der Waals surface area (Å²) < 4.78 is 4.74. The molecule has 2 rings (SSSR count). The second kappa shape index (κ2) is 4.21. The number of fused-ring (bicyclic) bond motifs is 1. The van der Waals surface area contributed by atoms with Gasteiger partial charge in [0.05, 0.1) is 7.11 Å². The Kier molecular flexibility index (Phi) is 2.93. The molecule has 80 valence electrons. The SMILES string of the molecule is COC(=O)C1NCCc2cccc(Cl)c21. The Bertz CT molecular complexity index is 392. The second-order valence-corrected chi connectivity index (χ2v) is 3.88. The van der Waals surface area contributed by atoms with Crippen molar-refractivity contribution in [3.63, 3.8) is 0 Å². The van der Waals surface area contributed by atoms with Gasteiger partial charge < -0.3 is 10.1 Å². The van der Waals surface area contributed by atoms with E-state index in [2.05, 4.69) is 5.32 Å². The van der Waals surface area contributed by atoms with Crippen molar-refractivity contribution >= 4 is 17.6 Å². The van der Waals surface area contributed by atoms with E-state index in [9.17, 15) is 4.79 Å². The lowest BCUT2D eigenvalue weighted by Gasteiger charge is -2.25. The van der Waals surface area contributed by atoms with Gasteiger partial charge in [-0.15, -0.1) is 0 Å². The van der Waals surface area contributed by atoms with Crippen LogP contribution in [0, 0.1) is 0 Å². The van der Waals surface area contributed by atoms with Crippen LogP contribution in [0.4, 0.5) is 0 Å². The van der Waals surface area contributed by atoms with Crippen LogP contribution < -0.4 is 5.32 Å². The van der Waals surface area contributed by atoms with Gasteiger partial charge in [-0.05, 0) is 18.1 Å². The monoisotopic (exact) mass is 225 g/mol. The van der Waals surface area contributed by atoms with Gasteiger partial charge in [-0.2, -0.15) is 0 Å². The predicted octanol–water partition coefficient (Wildman–Crippen LogP) is 1.70. The number of hydrogen-bond donors (Lipinski definition) is 1. The molecular formula is C11H12ClNO2. The largest absolute Gasteiger partial charge is 0.468 e. The molecule has 0 aromatic heterocycles. The van der Waals surface area contributed by atoms with Crippen molar-refractivity contribution in [3.05, 3.63) is 34.3 Å². The molecule has 1 aromatic carbocycles. The van der Waals surface area contributed by atoms with Crippen LogP contribution in [0.15, 0.2) is 18.2 Å². The number of nitrogens with one attached hydrogen (secondary N) is 1. The maximum absolute atomic E-state index is 11.5. The number of esters is 1. The summed E-state index contributed by atoms with van der Waals surface area (Å²) in [6, 6.07) is 5.27. The number of hydrogen-bond acceptors (Lipinski definition) is 3. The minimum Gasteiger partial charge on any atom is -0.468 e. The Morgan fingerprint density at radius 2 is 2.40 bits per heavy atom. The van der Waals surface area contributed by atoms with E-state index in [0.717, 1.165) is 24.1 Å². The van der Waals surface area contributed by atoms with Crippen molar-refractivity contribution < 1.29 is 9.53 Å². The van der Waals surface area contributed by atoms with E-state index in [4.69, 9.17) is 16.3 Å². The van der Waals surface area contributed by atoms with Gasteiger partial charge in [0.2, 0.25) is 0 Å². The normalized spacial score (nSPS) is 19.5. The summed E-state index contributed by atoms with van der Waals surface area (Å²) in [6.07, 6.45) is 0.892. The lowest BCUT2D eigenvalue weighted by molar-refractivity contribution is -0.143. The molecule has 15 heavy (non-hydrogen) atoms. The molecule has 4 heteroatoms. The maximum Gasteiger partial charge on any atom is 0.327 e. The lowest BCUT2D eigenvalue weighted by atomic mass is 9.94. The number of ether oxygens (including phenoxy) is 1. The van der Waals surface area contributed by atoms with Crippen molar-refractivity contribution in [1.29, 1.82) is 0 Å². The third-order valence-electron chi connectivity index (χ3n) is 2.61. The predicted molar refractivity (Wildman–Crippen MR) is 57.9 cm³/mol. The molecule has 0 bridgehead atoms. The van der Waals surface area contributed by atoms with Gasteiger partial charge in [-0.3, -0.25) is 0 Å². The smallest absolute Gasteiger partial charge is 0.327 e. The molecule has 1 N–H and O–H groups in total. The van der Waals surface area contributed by atoms with E-state index in [1.807, 2.05) is 12.1 Å².